The van der Waals surface area contributed by atoms with Crippen LogP contribution in [0.25, 0.3) is 33.9 Å². The average molecular weight is 411 g/mol. The molecule has 0 spiro atoms. The molecule has 0 radical (unpaired) electrons. The summed E-state index contributed by atoms with van der Waals surface area (Å²) >= 11 is 0. The zero-order valence-electron chi connectivity index (χ0n) is 15.6. The third-order valence-electron chi connectivity index (χ3n) is 4.22. The van der Waals surface area contributed by atoms with Crippen LogP contribution in [-0.4, -0.2) is 4.98 Å². The molecule has 0 amide bonds. The van der Waals surface area contributed by atoms with Crippen LogP contribution in [0.2, 0.25) is 0 Å². The van der Waals surface area contributed by atoms with Gasteiger partial charge in [-0.25, -0.2) is 28.6 Å². The van der Waals surface area contributed by atoms with Crippen molar-refractivity contribution in [1.82, 2.24) is 4.98 Å². The van der Waals surface area contributed by atoms with E-state index in [1.54, 1.807) is 0 Å². The molecule has 0 aliphatic carbocycles. The zero-order chi connectivity index (χ0) is 20.9. The molecule has 0 saturated heterocycles. The number of imidazole rings is 1. The smallest absolute Gasteiger partial charge is 0.236 e. The maximum Gasteiger partial charge on any atom is 0.285 e. The Morgan fingerprint density at radius 1 is 0.655 bits per heavy atom. The Morgan fingerprint density at radius 3 is 1.66 bits per heavy atom. The molecule has 3 aromatic carbocycles. The minimum absolute atomic E-state index is 1.02. The Bertz CT molecular complexity index is 981. The van der Waals surface area contributed by atoms with Crippen LogP contribution < -0.4 is 23.6 Å². The number of benzene rings is 3. The fraction of sp³-hybridized carbons (Fsp3) is 0.0455. The average Bonchev–Trinajstić information content (AvgIpc) is 3.14. The van der Waals surface area contributed by atoms with E-state index in [0.717, 1.165) is 22.8 Å². The van der Waals surface area contributed by atoms with Crippen LogP contribution in [0, 0.1) is 17.2 Å². The second-order valence-corrected chi connectivity index (χ2v) is 7.11. The first-order valence-corrected chi connectivity index (χ1v) is 9.99. The molecule has 2 N–H and O–H groups in total. The van der Waals surface area contributed by atoms with E-state index in [2.05, 4.69) is 89.7 Å². The minimum atomic E-state index is -4.94. The normalized spacial score (nSPS) is 10.9. The van der Waals surface area contributed by atoms with Gasteiger partial charge in [-0.15, -0.1) is 10.2 Å². The molecule has 4 rings (SSSR count). The molecule has 0 aliphatic heterocycles. The Kier molecular flexibility index (Phi) is 6.43. The van der Waals surface area contributed by atoms with Gasteiger partial charge >= 0.3 is 0 Å². The van der Waals surface area contributed by atoms with Crippen molar-refractivity contribution in [2.45, 2.75) is 6.92 Å². The number of aryl methyl sites for hydroxylation is 1. The quantitative estimate of drug-likeness (QED) is 0.524. The van der Waals surface area contributed by atoms with Crippen molar-refractivity contribution in [1.29, 1.82) is 0 Å². The topological polar surface area (TPSA) is 122 Å². The van der Waals surface area contributed by atoms with Crippen molar-refractivity contribution >= 4 is 0 Å². The van der Waals surface area contributed by atoms with Crippen molar-refractivity contribution in [2.75, 3.05) is 0 Å². The fourth-order valence-electron chi connectivity index (χ4n) is 2.91. The van der Waals surface area contributed by atoms with Crippen LogP contribution in [0.15, 0.2) is 84.9 Å². The largest absolute Gasteiger partial charge is 0.285 e. The predicted octanol–water partition coefficient (Wildman–Crippen LogP) is 0.382. The van der Waals surface area contributed by atoms with Gasteiger partial charge in [-0.2, -0.15) is 0 Å². The molecule has 148 valence electrons. The van der Waals surface area contributed by atoms with Crippen LogP contribution >= 0.6 is 0 Å². The predicted molar refractivity (Wildman–Crippen MR) is 98.4 cm³/mol. The van der Waals surface area contributed by atoms with Crippen LogP contribution in [0.5, 0.6) is 0 Å². The summed E-state index contributed by atoms with van der Waals surface area (Å²) in [6.45, 7) is 2.10. The molecule has 29 heavy (non-hydrogen) atoms. The summed E-state index contributed by atoms with van der Waals surface area (Å²) in [5, 5.41) is 0. The molecule has 0 aliphatic rings. The van der Waals surface area contributed by atoms with E-state index in [-0.39, 0.29) is 0 Å². The molecule has 1 heterocycles. The number of aromatic nitrogens is 2. The highest BCUT2D eigenvalue weighted by molar-refractivity contribution is 5.77. The second kappa shape index (κ2) is 9.00. The van der Waals surface area contributed by atoms with Gasteiger partial charge in [0, 0.05) is 11.1 Å². The molecular formula is C22H19ClN2O4. The van der Waals surface area contributed by atoms with E-state index in [1.807, 2.05) is 12.1 Å². The SMILES string of the molecule is Cc1ccc(-c2[nH]c(-c3ccccc3)c(-c3ccccc3)[nH+]2)cc1.[O-][Cl+3]([O-])([O-])[O-]. The highest BCUT2D eigenvalue weighted by Crippen LogP contribution is 2.29. The summed E-state index contributed by atoms with van der Waals surface area (Å²) in [5.74, 6) is 1.02. The van der Waals surface area contributed by atoms with Gasteiger partial charge in [-0.3, -0.25) is 0 Å². The Morgan fingerprint density at radius 2 is 1.14 bits per heavy atom. The van der Waals surface area contributed by atoms with Gasteiger partial charge in [0.25, 0.3) is 5.82 Å². The van der Waals surface area contributed by atoms with Crippen molar-refractivity contribution < 1.29 is 33.9 Å². The number of halogens is 1. The first kappa shape index (κ1) is 20.7. The molecule has 4 aromatic rings. The standard InChI is InChI=1S/C22H18N2.ClHO4/c1-16-12-14-19(15-13-16)22-23-20(17-8-4-2-5-9-17)21(24-22)18-10-6-3-7-11-18;2-1(3,4)5/h2-15H,1H3,(H,23,24);(H,2,3,4,5). The Labute approximate surface area is 170 Å². The summed E-state index contributed by atoms with van der Waals surface area (Å²) in [6, 6.07) is 29.4. The zero-order valence-corrected chi connectivity index (χ0v) is 16.3. The monoisotopic (exact) mass is 410 g/mol. The first-order valence-electron chi connectivity index (χ1n) is 8.76. The van der Waals surface area contributed by atoms with Gasteiger partial charge in [0.1, 0.15) is 0 Å². The third kappa shape index (κ3) is 5.99. The van der Waals surface area contributed by atoms with Crippen LogP contribution in [0.3, 0.4) is 0 Å². The molecular weight excluding hydrogens is 392 g/mol. The Hall–Kier alpha value is -3.00. The lowest BCUT2D eigenvalue weighted by atomic mass is 10.1. The van der Waals surface area contributed by atoms with Gasteiger partial charge in [0.15, 0.2) is 11.4 Å². The van der Waals surface area contributed by atoms with Crippen molar-refractivity contribution in [3.05, 3.63) is 90.5 Å². The number of aromatic amines is 2. The molecule has 7 heteroatoms. The molecule has 6 nitrogen and oxygen atoms in total. The van der Waals surface area contributed by atoms with E-state index in [9.17, 15) is 0 Å². The number of H-pyrrole nitrogens is 2. The maximum absolute atomic E-state index is 8.49. The molecule has 1 aromatic heterocycles. The molecule has 0 unspecified atom stereocenters. The van der Waals surface area contributed by atoms with Gasteiger partial charge in [-0.05, 0) is 19.1 Å². The van der Waals surface area contributed by atoms with Gasteiger partial charge < -0.3 is 0 Å². The highest BCUT2D eigenvalue weighted by Gasteiger charge is 2.21. The lowest BCUT2D eigenvalue weighted by Crippen LogP contribution is -2.68. The number of nitrogens with one attached hydrogen (secondary N) is 2. The summed E-state index contributed by atoms with van der Waals surface area (Å²) in [5.41, 5.74) is 6.98. The van der Waals surface area contributed by atoms with E-state index in [0.29, 0.717) is 0 Å². The summed E-state index contributed by atoms with van der Waals surface area (Å²) in [6.07, 6.45) is 0. The fourth-order valence-corrected chi connectivity index (χ4v) is 2.91. The van der Waals surface area contributed by atoms with Crippen LogP contribution in [0.1, 0.15) is 5.56 Å². The van der Waals surface area contributed by atoms with E-state index in [4.69, 9.17) is 18.6 Å². The van der Waals surface area contributed by atoms with Crippen molar-refractivity contribution in [2.24, 2.45) is 0 Å². The van der Waals surface area contributed by atoms with E-state index in [1.165, 1.54) is 16.7 Å². The minimum Gasteiger partial charge on any atom is -0.236 e. The number of hydrogen-bond donors (Lipinski definition) is 1. The molecule has 0 atom stereocenters. The van der Waals surface area contributed by atoms with Gasteiger partial charge in [-0.1, -0.05) is 78.4 Å². The lowest BCUT2D eigenvalue weighted by molar-refractivity contribution is -2.00. The van der Waals surface area contributed by atoms with Crippen molar-refractivity contribution in [3.63, 3.8) is 0 Å². The molecule has 0 fully saturated rings. The highest BCUT2D eigenvalue weighted by atomic mass is 35.7. The second-order valence-electron chi connectivity index (χ2n) is 6.35. The van der Waals surface area contributed by atoms with Crippen molar-refractivity contribution in [3.8, 4) is 33.9 Å². The Balaban J connectivity index is 0.000000431. The van der Waals surface area contributed by atoms with Gasteiger partial charge in [0.05, 0.1) is 5.56 Å². The lowest BCUT2D eigenvalue weighted by Gasteiger charge is -2.17. The number of hydrogen-bond acceptors (Lipinski definition) is 4. The number of rotatable bonds is 3. The summed E-state index contributed by atoms with van der Waals surface area (Å²) < 4.78 is 34.0. The van der Waals surface area contributed by atoms with Crippen LogP contribution in [0.4, 0.5) is 0 Å². The maximum atomic E-state index is 8.49. The van der Waals surface area contributed by atoms with E-state index < -0.39 is 10.2 Å². The van der Waals surface area contributed by atoms with Gasteiger partial charge in [0.2, 0.25) is 0 Å². The molecule has 0 bridgehead atoms. The molecule has 0 saturated carbocycles. The summed E-state index contributed by atoms with van der Waals surface area (Å²) in [7, 11) is -4.94. The first-order chi connectivity index (χ1) is 13.8. The van der Waals surface area contributed by atoms with E-state index >= 15 is 0 Å². The van der Waals surface area contributed by atoms with Crippen LogP contribution in [-0.2, 0) is 0 Å². The summed E-state index contributed by atoms with van der Waals surface area (Å²) in [4.78, 5) is 7.15. The third-order valence-corrected chi connectivity index (χ3v) is 4.22.